The van der Waals surface area contributed by atoms with Gasteiger partial charge in [0.25, 0.3) is 0 Å². The van der Waals surface area contributed by atoms with Crippen LogP contribution in [0.4, 0.5) is 4.39 Å². The molecule has 0 bridgehead atoms. The summed E-state index contributed by atoms with van der Waals surface area (Å²) in [5.74, 6) is -0.263. The molecule has 0 fully saturated rings. The van der Waals surface area contributed by atoms with E-state index in [-0.39, 0.29) is 18.0 Å². The average molecular weight is 320 g/mol. The Morgan fingerprint density at radius 3 is 2.78 bits per heavy atom. The van der Waals surface area contributed by atoms with E-state index in [2.05, 4.69) is 21.2 Å². The van der Waals surface area contributed by atoms with Crippen LogP contribution in [0, 0.1) is 5.82 Å². The van der Waals surface area contributed by atoms with E-state index in [0.717, 1.165) is 10.0 Å². The van der Waals surface area contributed by atoms with E-state index in [1.165, 1.54) is 12.1 Å². The van der Waals surface area contributed by atoms with Crippen molar-refractivity contribution in [2.24, 2.45) is 0 Å². The topological polar surface area (TPSA) is 41.5 Å². The van der Waals surface area contributed by atoms with Crippen molar-refractivity contribution in [1.82, 2.24) is 5.32 Å². The zero-order valence-corrected chi connectivity index (χ0v) is 12.3. The van der Waals surface area contributed by atoms with E-state index in [1.54, 1.807) is 13.2 Å². The first-order valence-corrected chi connectivity index (χ1v) is 6.59. The number of benzene rings is 1. The summed E-state index contributed by atoms with van der Waals surface area (Å²) in [6, 6.07) is 4.61. The maximum atomic E-state index is 13.0. The highest BCUT2D eigenvalue weighted by atomic mass is 79.9. The maximum Gasteiger partial charge on any atom is 0.124 e. The van der Waals surface area contributed by atoms with Crippen LogP contribution < -0.4 is 5.32 Å². The highest BCUT2D eigenvalue weighted by molar-refractivity contribution is 9.10. The van der Waals surface area contributed by atoms with Gasteiger partial charge in [-0.05, 0) is 31.0 Å². The number of aliphatic hydroxyl groups excluding tert-OH is 1. The standard InChI is InChI=1S/C13H19BrFNO2/c1-13(5-6-17,9-18-2)16-8-10-3-4-11(15)7-12(10)14/h3-4,7,16-17H,5-6,8-9H2,1-2H3. The Hall–Kier alpha value is -0.490. The Kier molecular flexibility index (Phi) is 6.21. The normalized spacial score (nSPS) is 14.5. The summed E-state index contributed by atoms with van der Waals surface area (Å²) in [7, 11) is 1.63. The molecule has 2 N–H and O–H groups in total. The highest BCUT2D eigenvalue weighted by Crippen LogP contribution is 2.19. The van der Waals surface area contributed by atoms with Gasteiger partial charge in [-0.15, -0.1) is 0 Å². The molecule has 5 heteroatoms. The number of rotatable bonds is 7. The van der Waals surface area contributed by atoms with Gasteiger partial charge in [0.15, 0.2) is 0 Å². The SMILES string of the molecule is COCC(C)(CCO)NCc1ccc(F)cc1Br. The lowest BCUT2D eigenvalue weighted by atomic mass is 9.99. The van der Waals surface area contributed by atoms with Crippen LogP contribution in [0.25, 0.3) is 0 Å². The van der Waals surface area contributed by atoms with Gasteiger partial charge in [-0.1, -0.05) is 22.0 Å². The van der Waals surface area contributed by atoms with Crippen molar-refractivity contribution < 1.29 is 14.2 Å². The van der Waals surface area contributed by atoms with Gasteiger partial charge < -0.3 is 15.2 Å². The van der Waals surface area contributed by atoms with Crippen LogP contribution in [0.5, 0.6) is 0 Å². The van der Waals surface area contributed by atoms with Gasteiger partial charge in [-0.2, -0.15) is 0 Å². The van der Waals surface area contributed by atoms with Crippen molar-refractivity contribution in [3.05, 3.63) is 34.1 Å². The Bertz CT molecular complexity index is 381. The predicted molar refractivity (Wildman–Crippen MR) is 72.9 cm³/mol. The quantitative estimate of drug-likeness (QED) is 0.811. The largest absolute Gasteiger partial charge is 0.396 e. The summed E-state index contributed by atoms with van der Waals surface area (Å²) in [6.07, 6.45) is 0.597. The number of hydrogen-bond donors (Lipinski definition) is 2. The molecule has 0 aliphatic heterocycles. The third kappa shape index (κ3) is 4.65. The maximum absolute atomic E-state index is 13.0. The molecule has 0 saturated heterocycles. The molecule has 0 amide bonds. The molecule has 0 aromatic heterocycles. The fraction of sp³-hybridized carbons (Fsp3) is 0.538. The second kappa shape index (κ2) is 7.19. The smallest absolute Gasteiger partial charge is 0.124 e. The van der Waals surface area contributed by atoms with Crippen molar-refractivity contribution in [3.8, 4) is 0 Å². The zero-order chi connectivity index (χ0) is 13.6. The van der Waals surface area contributed by atoms with Crippen LogP contribution >= 0.6 is 15.9 Å². The van der Waals surface area contributed by atoms with Crippen LogP contribution in [-0.2, 0) is 11.3 Å². The van der Waals surface area contributed by atoms with Crippen molar-refractivity contribution in [3.63, 3.8) is 0 Å². The van der Waals surface area contributed by atoms with E-state index in [1.807, 2.05) is 6.92 Å². The van der Waals surface area contributed by atoms with Crippen molar-refractivity contribution in [2.75, 3.05) is 20.3 Å². The highest BCUT2D eigenvalue weighted by Gasteiger charge is 2.23. The third-order valence-electron chi connectivity index (χ3n) is 2.85. The van der Waals surface area contributed by atoms with Crippen LogP contribution in [0.1, 0.15) is 18.9 Å². The second-order valence-electron chi connectivity index (χ2n) is 4.56. The summed E-state index contributed by atoms with van der Waals surface area (Å²) in [4.78, 5) is 0. The van der Waals surface area contributed by atoms with Crippen LogP contribution in [-0.4, -0.2) is 31.0 Å². The summed E-state index contributed by atoms with van der Waals surface area (Å²) in [5, 5.41) is 12.4. The molecule has 1 atom stereocenters. The molecule has 102 valence electrons. The lowest BCUT2D eigenvalue weighted by molar-refractivity contribution is 0.0969. The first kappa shape index (κ1) is 15.6. The monoisotopic (exact) mass is 319 g/mol. The Labute approximate surface area is 115 Å². The lowest BCUT2D eigenvalue weighted by Crippen LogP contribution is -2.46. The number of hydrogen-bond acceptors (Lipinski definition) is 3. The number of nitrogens with one attached hydrogen (secondary N) is 1. The molecule has 0 aliphatic rings. The molecule has 0 radical (unpaired) electrons. The van der Waals surface area contributed by atoms with Crippen LogP contribution in [0.15, 0.2) is 22.7 Å². The molecule has 0 saturated carbocycles. The zero-order valence-electron chi connectivity index (χ0n) is 10.7. The van der Waals surface area contributed by atoms with E-state index < -0.39 is 0 Å². The minimum Gasteiger partial charge on any atom is -0.396 e. The van der Waals surface area contributed by atoms with Gasteiger partial charge in [0, 0.05) is 30.3 Å². The van der Waals surface area contributed by atoms with Gasteiger partial charge >= 0.3 is 0 Å². The van der Waals surface area contributed by atoms with E-state index in [0.29, 0.717) is 19.6 Å². The van der Waals surface area contributed by atoms with Gasteiger partial charge in [-0.25, -0.2) is 4.39 Å². The van der Waals surface area contributed by atoms with E-state index >= 15 is 0 Å². The minimum atomic E-state index is -0.294. The molecule has 3 nitrogen and oxygen atoms in total. The number of methoxy groups -OCH3 is 1. The third-order valence-corrected chi connectivity index (χ3v) is 3.59. The second-order valence-corrected chi connectivity index (χ2v) is 5.41. The van der Waals surface area contributed by atoms with Crippen molar-refractivity contribution in [2.45, 2.75) is 25.4 Å². The molecule has 0 aliphatic carbocycles. The van der Waals surface area contributed by atoms with Crippen molar-refractivity contribution >= 4 is 15.9 Å². The van der Waals surface area contributed by atoms with Crippen molar-refractivity contribution in [1.29, 1.82) is 0 Å². The van der Waals surface area contributed by atoms with E-state index in [9.17, 15) is 4.39 Å². The molecule has 1 aromatic carbocycles. The number of aliphatic hydroxyl groups is 1. The van der Waals surface area contributed by atoms with Gasteiger partial charge in [0.1, 0.15) is 5.82 Å². The number of halogens is 2. The van der Waals surface area contributed by atoms with E-state index in [4.69, 9.17) is 9.84 Å². The Morgan fingerprint density at radius 1 is 1.50 bits per heavy atom. The molecule has 1 unspecified atom stereocenters. The summed E-state index contributed by atoms with van der Waals surface area (Å²) >= 11 is 3.33. The van der Waals surface area contributed by atoms with Crippen LogP contribution in [0.2, 0.25) is 0 Å². The molecule has 1 aromatic rings. The molecule has 0 spiro atoms. The Morgan fingerprint density at radius 2 is 2.22 bits per heavy atom. The van der Waals surface area contributed by atoms with Gasteiger partial charge in [0.2, 0.25) is 0 Å². The Balaban J connectivity index is 2.66. The minimum absolute atomic E-state index is 0.0947. The first-order valence-electron chi connectivity index (χ1n) is 5.79. The molecule has 18 heavy (non-hydrogen) atoms. The summed E-state index contributed by atoms with van der Waals surface area (Å²) in [5.41, 5.74) is 0.675. The molecular formula is C13H19BrFNO2. The lowest BCUT2D eigenvalue weighted by Gasteiger charge is -2.30. The average Bonchev–Trinajstić information content (AvgIpc) is 2.28. The molecular weight excluding hydrogens is 301 g/mol. The van der Waals surface area contributed by atoms with Gasteiger partial charge in [0.05, 0.1) is 6.61 Å². The van der Waals surface area contributed by atoms with Gasteiger partial charge in [-0.3, -0.25) is 0 Å². The number of ether oxygens (including phenoxy) is 1. The first-order chi connectivity index (χ1) is 8.50. The fourth-order valence-electron chi connectivity index (χ4n) is 1.75. The molecule has 0 heterocycles. The van der Waals surface area contributed by atoms with Crippen LogP contribution in [0.3, 0.4) is 0 Å². The summed E-state index contributed by atoms with van der Waals surface area (Å²) in [6.45, 7) is 3.18. The fourth-order valence-corrected chi connectivity index (χ4v) is 2.24. The molecule has 1 rings (SSSR count). The predicted octanol–water partition coefficient (Wildman–Crippen LogP) is 2.47. The summed E-state index contributed by atoms with van der Waals surface area (Å²) < 4.78 is 18.8.